The van der Waals surface area contributed by atoms with Crippen LogP contribution >= 0.6 is 0 Å². The molecule has 0 aromatic carbocycles. The van der Waals surface area contributed by atoms with Crippen LogP contribution in [-0.4, -0.2) is 42.4 Å². The summed E-state index contributed by atoms with van der Waals surface area (Å²) in [5, 5.41) is 2.69. The second kappa shape index (κ2) is 8.98. The number of carbonyl (C=O) groups is 2. The average Bonchev–Trinajstić information content (AvgIpc) is 2.30. The number of carbonyl (C=O) groups excluding carboxylic acids is 2. The van der Waals surface area contributed by atoms with Crippen molar-refractivity contribution in [2.75, 3.05) is 19.6 Å². The van der Waals surface area contributed by atoms with Crippen LogP contribution in [0.25, 0.3) is 0 Å². The number of rotatable bonds is 8. The van der Waals surface area contributed by atoms with Crippen LogP contribution in [0.4, 0.5) is 0 Å². The lowest BCUT2D eigenvalue weighted by molar-refractivity contribution is -0.130. The van der Waals surface area contributed by atoms with Crippen LogP contribution in [0, 0.1) is 0 Å². The summed E-state index contributed by atoms with van der Waals surface area (Å²) < 4.78 is 0. The predicted molar refractivity (Wildman–Crippen MR) is 68.4 cm³/mol. The first kappa shape index (κ1) is 15.9. The van der Waals surface area contributed by atoms with Gasteiger partial charge in [-0.3, -0.25) is 9.59 Å². The summed E-state index contributed by atoms with van der Waals surface area (Å²) in [5.74, 6) is -0.0986. The molecule has 0 aliphatic carbocycles. The third-order valence-corrected chi connectivity index (χ3v) is 2.69. The molecule has 5 heteroatoms. The average molecular weight is 243 g/mol. The third-order valence-electron chi connectivity index (χ3n) is 2.69. The highest BCUT2D eigenvalue weighted by atomic mass is 16.2. The Bertz CT molecular complexity index is 240. The van der Waals surface area contributed by atoms with Gasteiger partial charge in [-0.1, -0.05) is 13.3 Å². The van der Waals surface area contributed by atoms with Gasteiger partial charge in [0, 0.05) is 26.1 Å². The molecule has 17 heavy (non-hydrogen) atoms. The molecule has 100 valence electrons. The number of hydrogen-bond donors (Lipinski definition) is 2. The Balaban J connectivity index is 3.83. The quantitative estimate of drug-likeness (QED) is 0.651. The van der Waals surface area contributed by atoms with Crippen LogP contribution in [0.15, 0.2) is 0 Å². The summed E-state index contributed by atoms with van der Waals surface area (Å²) in [7, 11) is 0. The maximum Gasteiger partial charge on any atom is 0.236 e. The first-order valence-corrected chi connectivity index (χ1v) is 6.37. The highest BCUT2D eigenvalue weighted by Crippen LogP contribution is 1.95. The fourth-order valence-corrected chi connectivity index (χ4v) is 1.60. The molecule has 0 spiro atoms. The number of amides is 2. The molecule has 0 fully saturated rings. The molecule has 0 aliphatic rings. The topological polar surface area (TPSA) is 75.4 Å². The Kier molecular flexibility index (Phi) is 8.40. The maximum absolute atomic E-state index is 11.6. The van der Waals surface area contributed by atoms with Gasteiger partial charge in [-0.15, -0.1) is 0 Å². The first-order chi connectivity index (χ1) is 8.06. The Morgan fingerprint density at radius 1 is 1.24 bits per heavy atom. The van der Waals surface area contributed by atoms with Crippen molar-refractivity contribution >= 4 is 11.8 Å². The van der Waals surface area contributed by atoms with E-state index >= 15 is 0 Å². The lowest BCUT2D eigenvalue weighted by Gasteiger charge is -2.19. The zero-order valence-electron chi connectivity index (χ0n) is 11.2. The normalized spacial score (nSPS) is 12.0. The standard InChI is InChI=1S/C12H25N3O2/c1-4-7-10(13)12(17)14-9-8-11(16)15(5-2)6-3/h10H,4-9,13H2,1-3H3,(H,14,17). The van der Waals surface area contributed by atoms with E-state index in [0.717, 1.165) is 6.42 Å². The summed E-state index contributed by atoms with van der Waals surface area (Å²) in [6.07, 6.45) is 1.90. The van der Waals surface area contributed by atoms with E-state index in [-0.39, 0.29) is 11.8 Å². The van der Waals surface area contributed by atoms with Crippen molar-refractivity contribution in [2.45, 2.75) is 46.1 Å². The Morgan fingerprint density at radius 2 is 1.82 bits per heavy atom. The van der Waals surface area contributed by atoms with Crippen LogP contribution in [0.1, 0.15) is 40.0 Å². The van der Waals surface area contributed by atoms with Gasteiger partial charge in [-0.05, 0) is 20.3 Å². The van der Waals surface area contributed by atoms with E-state index < -0.39 is 6.04 Å². The molecule has 0 radical (unpaired) electrons. The molecule has 0 aliphatic heterocycles. The third kappa shape index (κ3) is 6.26. The molecule has 0 aromatic heterocycles. The Hall–Kier alpha value is -1.10. The minimum Gasteiger partial charge on any atom is -0.354 e. The summed E-state index contributed by atoms with van der Waals surface area (Å²) in [4.78, 5) is 24.8. The largest absolute Gasteiger partial charge is 0.354 e. The van der Waals surface area contributed by atoms with Crippen LogP contribution in [0.5, 0.6) is 0 Å². The molecule has 1 atom stereocenters. The minimum atomic E-state index is -0.455. The van der Waals surface area contributed by atoms with E-state index in [4.69, 9.17) is 5.73 Å². The van der Waals surface area contributed by atoms with Gasteiger partial charge in [0.15, 0.2) is 0 Å². The van der Waals surface area contributed by atoms with Crippen molar-refractivity contribution in [3.8, 4) is 0 Å². The molecule has 0 aromatic rings. The number of nitrogens with zero attached hydrogens (tertiary/aromatic N) is 1. The van der Waals surface area contributed by atoms with Gasteiger partial charge in [0.25, 0.3) is 0 Å². The number of nitrogens with two attached hydrogens (primary N) is 1. The minimum absolute atomic E-state index is 0.0689. The van der Waals surface area contributed by atoms with Gasteiger partial charge in [-0.25, -0.2) is 0 Å². The molecular weight excluding hydrogens is 218 g/mol. The van der Waals surface area contributed by atoms with Crippen molar-refractivity contribution in [3.05, 3.63) is 0 Å². The summed E-state index contributed by atoms with van der Waals surface area (Å²) >= 11 is 0. The van der Waals surface area contributed by atoms with Gasteiger partial charge in [0.2, 0.25) is 11.8 Å². The molecular formula is C12H25N3O2. The molecule has 2 amide bonds. The van der Waals surface area contributed by atoms with Gasteiger partial charge in [0.1, 0.15) is 0 Å². The number of nitrogens with one attached hydrogen (secondary N) is 1. The van der Waals surface area contributed by atoms with Crippen LogP contribution in [-0.2, 0) is 9.59 Å². The molecule has 1 unspecified atom stereocenters. The molecule has 3 N–H and O–H groups in total. The monoisotopic (exact) mass is 243 g/mol. The van der Waals surface area contributed by atoms with Gasteiger partial charge < -0.3 is 16.0 Å². The summed E-state index contributed by atoms with van der Waals surface area (Å²) in [5.41, 5.74) is 5.65. The van der Waals surface area contributed by atoms with E-state index in [0.29, 0.717) is 32.5 Å². The molecule has 0 saturated carbocycles. The highest BCUT2D eigenvalue weighted by Gasteiger charge is 2.13. The molecule has 0 bridgehead atoms. The van der Waals surface area contributed by atoms with E-state index in [9.17, 15) is 9.59 Å². The van der Waals surface area contributed by atoms with Crippen molar-refractivity contribution in [3.63, 3.8) is 0 Å². The van der Waals surface area contributed by atoms with Crippen LogP contribution < -0.4 is 11.1 Å². The SMILES string of the molecule is CCCC(N)C(=O)NCCC(=O)N(CC)CC. The Morgan fingerprint density at radius 3 is 2.29 bits per heavy atom. The number of hydrogen-bond acceptors (Lipinski definition) is 3. The van der Waals surface area contributed by atoms with E-state index in [1.54, 1.807) is 4.90 Å². The predicted octanol–water partition coefficient (Wildman–Crippen LogP) is 0.489. The zero-order chi connectivity index (χ0) is 13.3. The van der Waals surface area contributed by atoms with E-state index in [1.165, 1.54) is 0 Å². The summed E-state index contributed by atoms with van der Waals surface area (Å²) in [6, 6.07) is -0.455. The van der Waals surface area contributed by atoms with Crippen molar-refractivity contribution in [1.82, 2.24) is 10.2 Å². The molecule has 0 rings (SSSR count). The van der Waals surface area contributed by atoms with Crippen LogP contribution in [0.2, 0.25) is 0 Å². The fourth-order valence-electron chi connectivity index (χ4n) is 1.60. The fraction of sp³-hybridized carbons (Fsp3) is 0.833. The molecule has 5 nitrogen and oxygen atoms in total. The van der Waals surface area contributed by atoms with Crippen molar-refractivity contribution in [2.24, 2.45) is 5.73 Å². The van der Waals surface area contributed by atoms with Gasteiger partial charge >= 0.3 is 0 Å². The van der Waals surface area contributed by atoms with Gasteiger partial charge in [-0.2, -0.15) is 0 Å². The van der Waals surface area contributed by atoms with Gasteiger partial charge in [0.05, 0.1) is 6.04 Å². The summed E-state index contributed by atoms with van der Waals surface area (Å²) in [6.45, 7) is 7.65. The lowest BCUT2D eigenvalue weighted by atomic mass is 10.1. The lowest BCUT2D eigenvalue weighted by Crippen LogP contribution is -2.42. The molecule has 0 saturated heterocycles. The molecule has 0 heterocycles. The first-order valence-electron chi connectivity index (χ1n) is 6.37. The van der Waals surface area contributed by atoms with Crippen LogP contribution in [0.3, 0.4) is 0 Å². The Labute approximate surface area is 104 Å². The smallest absolute Gasteiger partial charge is 0.236 e. The van der Waals surface area contributed by atoms with E-state index in [1.807, 2.05) is 20.8 Å². The van der Waals surface area contributed by atoms with Crippen molar-refractivity contribution in [1.29, 1.82) is 0 Å². The maximum atomic E-state index is 11.6. The highest BCUT2D eigenvalue weighted by molar-refractivity contribution is 5.82. The van der Waals surface area contributed by atoms with Crippen molar-refractivity contribution < 1.29 is 9.59 Å². The second-order valence-electron chi connectivity index (χ2n) is 4.00. The zero-order valence-corrected chi connectivity index (χ0v) is 11.2. The second-order valence-corrected chi connectivity index (χ2v) is 4.00. The van der Waals surface area contributed by atoms with E-state index in [2.05, 4.69) is 5.32 Å².